The monoisotopic (exact) mass is 360 g/mol. The summed E-state index contributed by atoms with van der Waals surface area (Å²) in [5.74, 6) is -1.33. The van der Waals surface area contributed by atoms with E-state index in [1.807, 2.05) is 0 Å². The van der Waals surface area contributed by atoms with Crippen LogP contribution in [0, 0.1) is 0 Å². The molecule has 0 aliphatic carbocycles. The van der Waals surface area contributed by atoms with Crippen LogP contribution in [0.5, 0.6) is 0 Å². The maximum Gasteiger partial charge on any atom is 0.338 e. The van der Waals surface area contributed by atoms with Gasteiger partial charge in [0.2, 0.25) is 0 Å². The van der Waals surface area contributed by atoms with Gasteiger partial charge in [-0.15, -0.1) is 0 Å². The summed E-state index contributed by atoms with van der Waals surface area (Å²) in [6, 6.07) is 16.3. The molecule has 0 unspecified atom stereocenters. The van der Waals surface area contributed by atoms with Crippen molar-refractivity contribution >= 4 is 11.9 Å². The predicted molar refractivity (Wildman–Crippen MR) is 91.5 cm³/mol. The molecule has 0 heterocycles. The van der Waals surface area contributed by atoms with E-state index in [0.717, 1.165) is 0 Å². The van der Waals surface area contributed by atoms with E-state index in [9.17, 15) is 24.9 Å². The van der Waals surface area contributed by atoms with Crippen LogP contribution in [0.25, 0.3) is 0 Å². The third-order valence-electron chi connectivity index (χ3n) is 3.58. The first-order valence-corrected chi connectivity index (χ1v) is 7.97. The standard InChI is InChI=1S/C19H20O7/c20-15(11-25-18(23)13-7-3-1-4-8-13)17(22)16(21)12-26-19(24)14-9-5-2-6-10-14/h1-10,15-17,20-22H,11-12H2/t15-,16-/m0/s1. The van der Waals surface area contributed by atoms with Gasteiger partial charge in [-0.3, -0.25) is 0 Å². The van der Waals surface area contributed by atoms with Gasteiger partial charge in [-0.05, 0) is 24.3 Å². The van der Waals surface area contributed by atoms with Crippen LogP contribution in [0.1, 0.15) is 20.7 Å². The molecule has 26 heavy (non-hydrogen) atoms. The van der Waals surface area contributed by atoms with Crippen LogP contribution in [0.15, 0.2) is 60.7 Å². The molecule has 0 aromatic heterocycles. The van der Waals surface area contributed by atoms with Crippen LogP contribution in [0.3, 0.4) is 0 Å². The second kappa shape index (κ2) is 9.67. The average molecular weight is 360 g/mol. The molecule has 0 saturated heterocycles. The van der Waals surface area contributed by atoms with Crippen molar-refractivity contribution in [2.45, 2.75) is 18.3 Å². The first-order valence-electron chi connectivity index (χ1n) is 7.97. The van der Waals surface area contributed by atoms with Crippen molar-refractivity contribution in [2.24, 2.45) is 0 Å². The molecule has 0 saturated carbocycles. The zero-order valence-electron chi connectivity index (χ0n) is 13.9. The first kappa shape index (κ1) is 19.6. The Morgan fingerprint density at radius 1 is 0.692 bits per heavy atom. The zero-order valence-corrected chi connectivity index (χ0v) is 13.9. The van der Waals surface area contributed by atoms with Crippen LogP contribution in [-0.2, 0) is 9.47 Å². The second-order valence-corrected chi connectivity index (χ2v) is 5.55. The van der Waals surface area contributed by atoms with Gasteiger partial charge in [0.15, 0.2) is 0 Å². The van der Waals surface area contributed by atoms with Gasteiger partial charge in [-0.2, -0.15) is 0 Å². The van der Waals surface area contributed by atoms with E-state index in [-0.39, 0.29) is 0 Å². The Labute approximate surface area is 150 Å². The highest BCUT2D eigenvalue weighted by atomic mass is 16.6. The normalized spacial score (nSPS) is 13.1. The molecular formula is C19H20O7. The Morgan fingerprint density at radius 3 is 1.38 bits per heavy atom. The molecule has 138 valence electrons. The molecule has 0 aliphatic heterocycles. The summed E-state index contributed by atoms with van der Waals surface area (Å²) < 4.78 is 9.78. The van der Waals surface area contributed by atoms with Crippen molar-refractivity contribution in [3.8, 4) is 0 Å². The lowest BCUT2D eigenvalue weighted by Crippen LogP contribution is -2.43. The highest BCUT2D eigenvalue weighted by Gasteiger charge is 2.27. The number of carbonyl (C=O) groups is 2. The van der Waals surface area contributed by atoms with Crippen LogP contribution >= 0.6 is 0 Å². The molecule has 0 fully saturated rings. The lowest BCUT2D eigenvalue weighted by molar-refractivity contribution is -0.0948. The largest absolute Gasteiger partial charge is 0.459 e. The number of benzene rings is 2. The fraction of sp³-hybridized carbons (Fsp3) is 0.263. The topological polar surface area (TPSA) is 113 Å². The predicted octanol–water partition coefficient (Wildman–Crippen LogP) is 0.783. The lowest BCUT2D eigenvalue weighted by Gasteiger charge is -2.22. The number of hydrogen-bond donors (Lipinski definition) is 3. The molecule has 2 atom stereocenters. The molecule has 0 bridgehead atoms. The highest BCUT2D eigenvalue weighted by molar-refractivity contribution is 5.89. The SMILES string of the molecule is O=C(OC[C@H](O)C(O)[C@@H](O)COC(=O)c1ccccc1)c1ccccc1. The summed E-state index contributed by atoms with van der Waals surface area (Å²) in [4.78, 5) is 23.5. The summed E-state index contributed by atoms with van der Waals surface area (Å²) in [5, 5.41) is 29.5. The number of rotatable bonds is 8. The van der Waals surface area contributed by atoms with Gasteiger partial charge in [0.05, 0.1) is 11.1 Å². The van der Waals surface area contributed by atoms with E-state index in [0.29, 0.717) is 11.1 Å². The number of aliphatic hydroxyl groups is 3. The van der Waals surface area contributed by atoms with E-state index in [1.165, 1.54) is 0 Å². The summed E-state index contributed by atoms with van der Waals surface area (Å²) >= 11 is 0. The van der Waals surface area contributed by atoms with Gasteiger partial charge in [0.1, 0.15) is 31.5 Å². The molecule has 0 amide bonds. The van der Waals surface area contributed by atoms with Crippen LogP contribution < -0.4 is 0 Å². The van der Waals surface area contributed by atoms with Crippen molar-refractivity contribution < 1.29 is 34.4 Å². The molecule has 7 nitrogen and oxygen atoms in total. The Morgan fingerprint density at radius 2 is 1.04 bits per heavy atom. The second-order valence-electron chi connectivity index (χ2n) is 5.55. The quantitative estimate of drug-likeness (QED) is 0.596. The minimum absolute atomic E-state index is 0.298. The minimum atomic E-state index is -1.65. The highest BCUT2D eigenvalue weighted by Crippen LogP contribution is 2.07. The Bertz CT molecular complexity index is 641. The number of ether oxygens (including phenoxy) is 2. The third kappa shape index (κ3) is 5.66. The Kier molecular flexibility index (Phi) is 7.28. The van der Waals surface area contributed by atoms with Crippen LogP contribution in [-0.4, -0.2) is 58.8 Å². The average Bonchev–Trinajstić information content (AvgIpc) is 2.70. The fourth-order valence-electron chi connectivity index (χ4n) is 2.09. The van der Waals surface area contributed by atoms with E-state index in [1.54, 1.807) is 60.7 Å². The molecule has 3 N–H and O–H groups in total. The van der Waals surface area contributed by atoms with Gasteiger partial charge in [-0.25, -0.2) is 9.59 Å². The molecule has 7 heteroatoms. The number of carbonyl (C=O) groups excluding carboxylic acids is 2. The van der Waals surface area contributed by atoms with Crippen molar-refractivity contribution in [2.75, 3.05) is 13.2 Å². The summed E-state index contributed by atoms with van der Waals surface area (Å²) in [6.07, 6.45) is -4.72. The van der Waals surface area contributed by atoms with E-state index in [4.69, 9.17) is 9.47 Å². The number of aliphatic hydroxyl groups excluding tert-OH is 3. The molecule has 2 rings (SSSR count). The number of esters is 2. The van der Waals surface area contributed by atoms with Crippen molar-refractivity contribution in [3.63, 3.8) is 0 Å². The third-order valence-corrected chi connectivity index (χ3v) is 3.58. The van der Waals surface area contributed by atoms with Gasteiger partial charge in [0.25, 0.3) is 0 Å². The molecule has 2 aromatic carbocycles. The lowest BCUT2D eigenvalue weighted by atomic mass is 10.1. The maximum absolute atomic E-state index is 11.8. The Balaban J connectivity index is 1.77. The van der Waals surface area contributed by atoms with E-state index >= 15 is 0 Å². The van der Waals surface area contributed by atoms with Crippen molar-refractivity contribution in [3.05, 3.63) is 71.8 Å². The summed E-state index contributed by atoms with van der Waals surface area (Å²) in [5.41, 5.74) is 0.595. The van der Waals surface area contributed by atoms with Crippen molar-refractivity contribution in [1.29, 1.82) is 0 Å². The summed E-state index contributed by atoms with van der Waals surface area (Å²) in [7, 11) is 0. The Hall–Kier alpha value is -2.74. The number of hydrogen-bond acceptors (Lipinski definition) is 7. The van der Waals surface area contributed by atoms with Gasteiger partial charge in [-0.1, -0.05) is 36.4 Å². The molecule has 0 radical (unpaired) electrons. The molecule has 0 aliphatic rings. The van der Waals surface area contributed by atoms with Crippen LogP contribution in [0.4, 0.5) is 0 Å². The fourth-order valence-corrected chi connectivity index (χ4v) is 2.09. The summed E-state index contributed by atoms with van der Waals surface area (Å²) in [6.45, 7) is -1.03. The van der Waals surface area contributed by atoms with Crippen LogP contribution in [0.2, 0.25) is 0 Å². The first-order chi connectivity index (χ1) is 12.5. The van der Waals surface area contributed by atoms with Crippen molar-refractivity contribution in [1.82, 2.24) is 0 Å². The molecule has 0 spiro atoms. The van der Waals surface area contributed by atoms with E-state index in [2.05, 4.69) is 0 Å². The van der Waals surface area contributed by atoms with Gasteiger partial charge in [0, 0.05) is 0 Å². The maximum atomic E-state index is 11.8. The zero-order chi connectivity index (χ0) is 18.9. The smallest absolute Gasteiger partial charge is 0.338 e. The van der Waals surface area contributed by atoms with Gasteiger partial charge < -0.3 is 24.8 Å². The molecule has 2 aromatic rings. The molecular weight excluding hydrogens is 340 g/mol. The van der Waals surface area contributed by atoms with E-state index < -0.39 is 43.5 Å². The van der Waals surface area contributed by atoms with Gasteiger partial charge >= 0.3 is 11.9 Å². The minimum Gasteiger partial charge on any atom is -0.459 e.